The second-order valence-electron chi connectivity index (χ2n) is 6.38. The Balaban J connectivity index is 1.77. The molecule has 20 heavy (non-hydrogen) atoms. The number of nitrogens with one attached hydrogen (secondary N) is 1. The topological polar surface area (TPSA) is 69.7 Å². The summed E-state index contributed by atoms with van der Waals surface area (Å²) < 4.78 is 0. The summed E-state index contributed by atoms with van der Waals surface area (Å²) in [5, 5.41) is 2.39. The van der Waals surface area contributed by atoms with Crippen LogP contribution in [0.2, 0.25) is 0 Å². The summed E-state index contributed by atoms with van der Waals surface area (Å²) in [5.74, 6) is -0.329. The Morgan fingerprint density at radius 2 is 1.95 bits per heavy atom. The van der Waals surface area contributed by atoms with Crippen LogP contribution < -0.4 is 5.32 Å². The molecule has 0 aromatic rings. The fraction of sp³-hybridized carbons (Fsp3) is 0.786. The van der Waals surface area contributed by atoms with E-state index in [4.69, 9.17) is 0 Å². The minimum absolute atomic E-state index is 0.265. The lowest BCUT2D eigenvalue weighted by Gasteiger charge is -2.37. The number of imide groups is 2. The highest BCUT2D eigenvalue weighted by molar-refractivity contribution is 6.19. The Morgan fingerprint density at radius 1 is 1.25 bits per heavy atom. The van der Waals surface area contributed by atoms with Gasteiger partial charge in [0.05, 0.1) is 0 Å². The molecule has 1 spiro atoms. The molecule has 4 amide bonds. The van der Waals surface area contributed by atoms with Crippen LogP contribution in [0, 0.1) is 11.3 Å². The lowest BCUT2D eigenvalue weighted by Crippen LogP contribution is -2.63. The first-order chi connectivity index (χ1) is 9.53. The number of hydrogen-bond acceptors (Lipinski definition) is 4. The van der Waals surface area contributed by atoms with E-state index in [9.17, 15) is 14.4 Å². The van der Waals surface area contributed by atoms with Crippen molar-refractivity contribution in [2.24, 2.45) is 11.3 Å². The van der Waals surface area contributed by atoms with Crippen LogP contribution >= 0.6 is 0 Å². The standard InChI is InChI=1S/C14H21N3O3/c1-16-7-4-10(8-16)9-17-12(19)14(5-2-3-6-14)11(18)15-13(17)20/h10H,2-9H2,1H3,(H,15,18,20). The lowest BCUT2D eigenvalue weighted by atomic mass is 9.82. The van der Waals surface area contributed by atoms with Crippen molar-refractivity contribution in [2.45, 2.75) is 32.1 Å². The molecule has 6 nitrogen and oxygen atoms in total. The zero-order valence-corrected chi connectivity index (χ0v) is 11.9. The Morgan fingerprint density at radius 3 is 2.55 bits per heavy atom. The smallest absolute Gasteiger partial charge is 0.306 e. The second kappa shape index (κ2) is 4.84. The van der Waals surface area contributed by atoms with Gasteiger partial charge < -0.3 is 4.90 Å². The van der Waals surface area contributed by atoms with E-state index in [0.717, 1.165) is 32.4 Å². The molecule has 2 heterocycles. The van der Waals surface area contributed by atoms with Gasteiger partial charge in [0.2, 0.25) is 11.8 Å². The number of amides is 4. The first-order valence-electron chi connectivity index (χ1n) is 7.39. The normalized spacial score (nSPS) is 30.4. The molecule has 0 radical (unpaired) electrons. The molecule has 2 aliphatic heterocycles. The van der Waals surface area contributed by atoms with E-state index >= 15 is 0 Å². The van der Waals surface area contributed by atoms with Gasteiger partial charge in [-0.15, -0.1) is 0 Å². The van der Waals surface area contributed by atoms with E-state index in [1.54, 1.807) is 0 Å². The van der Waals surface area contributed by atoms with Gasteiger partial charge in [0, 0.05) is 13.1 Å². The molecule has 0 aromatic carbocycles. The van der Waals surface area contributed by atoms with Gasteiger partial charge in [0.25, 0.3) is 0 Å². The van der Waals surface area contributed by atoms with Gasteiger partial charge in [-0.25, -0.2) is 4.79 Å². The van der Waals surface area contributed by atoms with Crippen LogP contribution in [0.15, 0.2) is 0 Å². The van der Waals surface area contributed by atoms with Crippen LogP contribution in [0.1, 0.15) is 32.1 Å². The summed E-state index contributed by atoms with van der Waals surface area (Å²) in [6.07, 6.45) is 3.91. The molecule has 3 aliphatic rings. The molecular formula is C14H21N3O3. The van der Waals surface area contributed by atoms with Gasteiger partial charge in [-0.1, -0.05) is 12.8 Å². The van der Waals surface area contributed by atoms with E-state index in [2.05, 4.69) is 10.2 Å². The molecular weight excluding hydrogens is 258 g/mol. The van der Waals surface area contributed by atoms with Crippen molar-refractivity contribution in [3.8, 4) is 0 Å². The third kappa shape index (κ3) is 2.02. The molecule has 6 heteroatoms. The van der Waals surface area contributed by atoms with E-state index in [1.807, 2.05) is 7.05 Å². The zero-order chi connectivity index (χ0) is 14.3. The van der Waals surface area contributed by atoms with Crippen molar-refractivity contribution >= 4 is 17.8 Å². The Bertz CT molecular complexity index is 457. The Kier molecular flexibility index (Phi) is 3.28. The fourth-order valence-electron chi connectivity index (χ4n) is 3.75. The SMILES string of the molecule is CN1CCC(CN2C(=O)NC(=O)C3(CCCC3)C2=O)C1. The van der Waals surface area contributed by atoms with Crippen LogP contribution in [-0.2, 0) is 9.59 Å². The molecule has 1 atom stereocenters. The average molecular weight is 279 g/mol. The number of hydrogen-bond donors (Lipinski definition) is 1. The van der Waals surface area contributed by atoms with Crippen LogP contribution in [-0.4, -0.2) is 54.3 Å². The van der Waals surface area contributed by atoms with Crippen molar-refractivity contribution in [2.75, 3.05) is 26.7 Å². The largest absolute Gasteiger partial charge is 0.330 e. The quantitative estimate of drug-likeness (QED) is 0.751. The summed E-state index contributed by atoms with van der Waals surface area (Å²) in [4.78, 5) is 40.2. The number of urea groups is 1. The number of rotatable bonds is 2. The third-order valence-electron chi connectivity index (χ3n) is 4.94. The van der Waals surface area contributed by atoms with Gasteiger partial charge in [-0.05, 0) is 38.8 Å². The Hall–Kier alpha value is -1.43. The highest BCUT2D eigenvalue weighted by Gasteiger charge is 2.55. The molecule has 1 unspecified atom stereocenters. The van der Waals surface area contributed by atoms with Gasteiger partial charge in [-0.2, -0.15) is 0 Å². The Labute approximate surface area is 118 Å². The zero-order valence-electron chi connectivity index (χ0n) is 11.9. The van der Waals surface area contributed by atoms with E-state index in [0.29, 0.717) is 25.3 Å². The molecule has 2 saturated heterocycles. The summed E-state index contributed by atoms with van der Waals surface area (Å²) in [6, 6.07) is -0.535. The minimum Gasteiger partial charge on any atom is -0.306 e. The maximum absolute atomic E-state index is 12.7. The predicted molar refractivity (Wildman–Crippen MR) is 71.8 cm³/mol. The number of carbonyl (C=O) groups is 3. The van der Waals surface area contributed by atoms with E-state index in [-0.39, 0.29) is 11.8 Å². The minimum atomic E-state index is -0.960. The van der Waals surface area contributed by atoms with E-state index < -0.39 is 11.4 Å². The molecule has 1 saturated carbocycles. The summed E-state index contributed by atoms with van der Waals surface area (Å²) in [7, 11) is 2.04. The summed E-state index contributed by atoms with van der Waals surface area (Å²) >= 11 is 0. The summed E-state index contributed by atoms with van der Waals surface area (Å²) in [6.45, 7) is 2.33. The second-order valence-corrected chi connectivity index (χ2v) is 6.38. The van der Waals surface area contributed by atoms with Crippen molar-refractivity contribution in [3.05, 3.63) is 0 Å². The molecule has 3 rings (SSSR count). The van der Waals surface area contributed by atoms with Crippen molar-refractivity contribution in [1.29, 1.82) is 0 Å². The fourth-order valence-corrected chi connectivity index (χ4v) is 3.75. The maximum atomic E-state index is 12.7. The van der Waals surface area contributed by atoms with Crippen LogP contribution in [0.4, 0.5) is 4.79 Å². The van der Waals surface area contributed by atoms with Gasteiger partial charge in [0.15, 0.2) is 0 Å². The average Bonchev–Trinajstić information content (AvgIpc) is 3.03. The number of barbiturate groups is 1. The molecule has 3 fully saturated rings. The van der Waals surface area contributed by atoms with Crippen molar-refractivity contribution < 1.29 is 14.4 Å². The molecule has 0 aromatic heterocycles. The van der Waals surface area contributed by atoms with Crippen molar-refractivity contribution in [3.63, 3.8) is 0 Å². The first-order valence-corrected chi connectivity index (χ1v) is 7.39. The maximum Gasteiger partial charge on any atom is 0.330 e. The highest BCUT2D eigenvalue weighted by Crippen LogP contribution is 2.42. The number of nitrogens with zero attached hydrogens (tertiary/aromatic N) is 2. The van der Waals surface area contributed by atoms with Gasteiger partial charge in [0.1, 0.15) is 5.41 Å². The van der Waals surface area contributed by atoms with E-state index in [1.165, 1.54) is 4.90 Å². The molecule has 110 valence electrons. The molecule has 1 N–H and O–H groups in total. The van der Waals surface area contributed by atoms with Crippen LogP contribution in [0.25, 0.3) is 0 Å². The molecule has 1 aliphatic carbocycles. The van der Waals surface area contributed by atoms with Crippen LogP contribution in [0.5, 0.6) is 0 Å². The van der Waals surface area contributed by atoms with Gasteiger partial charge >= 0.3 is 6.03 Å². The predicted octanol–water partition coefficient (Wildman–Crippen LogP) is 0.577. The van der Waals surface area contributed by atoms with Crippen molar-refractivity contribution in [1.82, 2.24) is 15.1 Å². The number of likely N-dealkylation sites (tertiary alicyclic amines) is 1. The third-order valence-corrected chi connectivity index (χ3v) is 4.94. The molecule has 0 bridgehead atoms. The summed E-state index contributed by atoms with van der Waals surface area (Å²) in [5.41, 5.74) is -0.960. The van der Waals surface area contributed by atoms with Gasteiger partial charge in [-0.3, -0.25) is 19.8 Å². The first kappa shape index (κ1) is 13.5. The monoisotopic (exact) mass is 279 g/mol. The number of carbonyl (C=O) groups excluding carboxylic acids is 3. The highest BCUT2D eigenvalue weighted by atomic mass is 16.2. The van der Waals surface area contributed by atoms with Crippen LogP contribution in [0.3, 0.4) is 0 Å². The lowest BCUT2D eigenvalue weighted by molar-refractivity contribution is -0.151.